The summed E-state index contributed by atoms with van der Waals surface area (Å²) in [5, 5.41) is 0. The number of hydrogen-bond acceptors (Lipinski definition) is 3. The molecule has 0 aliphatic rings. The normalized spacial score (nSPS) is 12.4. The van der Waals surface area contributed by atoms with Gasteiger partial charge in [0, 0.05) is 31.4 Å². The molecule has 0 radical (unpaired) electrons. The first-order chi connectivity index (χ1) is 9.24. The lowest BCUT2D eigenvalue weighted by atomic mass is 10.1. The highest BCUT2D eigenvalue weighted by Crippen LogP contribution is 2.18. The van der Waals surface area contributed by atoms with Crippen LogP contribution in [-0.2, 0) is 13.0 Å². The summed E-state index contributed by atoms with van der Waals surface area (Å²) in [6, 6.07) is 7.88. The zero-order chi connectivity index (χ0) is 13.7. The number of imidazole rings is 1. The van der Waals surface area contributed by atoms with Gasteiger partial charge < -0.3 is 15.0 Å². The quantitative estimate of drug-likeness (QED) is 0.867. The molecular formula is C15H21N3O. The molecule has 0 saturated heterocycles. The summed E-state index contributed by atoms with van der Waals surface area (Å²) in [4.78, 5) is 4.37. The maximum atomic E-state index is 6.25. The van der Waals surface area contributed by atoms with Crippen molar-refractivity contribution in [3.05, 3.63) is 48.0 Å². The number of methoxy groups -OCH3 is 1. The van der Waals surface area contributed by atoms with Crippen molar-refractivity contribution in [2.24, 2.45) is 5.73 Å². The van der Waals surface area contributed by atoms with Crippen molar-refractivity contribution in [2.45, 2.75) is 32.4 Å². The monoisotopic (exact) mass is 259 g/mol. The van der Waals surface area contributed by atoms with Crippen LogP contribution in [0.25, 0.3) is 0 Å². The van der Waals surface area contributed by atoms with Crippen LogP contribution >= 0.6 is 0 Å². The number of hydrogen-bond donors (Lipinski definition) is 1. The van der Waals surface area contributed by atoms with Crippen molar-refractivity contribution in [3.8, 4) is 5.75 Å². The fourth-order valence-electron chi connectivity index (χ4n) is 2.13. The lowest BCUT2D eigenvalue weighted by Gasteiger charge is -2.15. The highest BCUT2D eigenvalue weighted by atomic mass is 16.5. The van der Waals surface area contributed by atoms with Crippen molar-refractivity contribution >= 4 is 0 Å². The molecule has 4 heteroatoms. The summed E-state index contributed by atoms with van der Waals surface area (Å²) in [5.74, 6) is 1.96. The number of nitrogens with two attached hydrogens (primary N) is 1. The van der Waals surface area contributed by atoms with E-state index in [1.807, 2.05) is 36.7 Å². The van der Waals surface area contributed by atoms with Gasteiger partial charge in [0.25, 0.3) is 0 Å². The molecule has 0 bridgehead atoms. The second-order valence-corrected chi connectivity index (χ2v) is 4.63. The predicted octanol–water partition coefficient (Wildman–Crippen LogP) is 2.54. The molecule has 102 valence electrons. The number of aromatic nitrogens is 2. The average molecular weight is 259 g/mol. The molecule has 1 unspecified atom stereocenters. The Morgan fingerprint density at radius 3 is 2.68 bits per heavy atom. The molecule has 2 rings (SSSR count). The third-order valence-corrected chi connectivity index (χ3v) is 3.21. The van der Waals surface area contributed by atoms with Gasteiger partial charge in [-0.1, -0.05) is 19.1 Å². The maximum Gasteiger partial charge on any atom is 0.118 e. The van der Waals surface area contributed by atoms with Crippen molar-refractivity contribution in [3.63, 3.8) is 0 Å². The van der Waals surface area contributed by atoms with Crippen LogP contribution in [0.15, 0.2) is 36.7 Å². The Kier molecular flexibility index (Phi) is 4.58. The Labute approximate surface area is 114 Å². The van der Waals surface area contributed by atoms with E-state index in [2.05, 4.69) is 16.5 Å². The van der Waals surface area contributed by atoms with E-state index in [-0.39, 0.29) is 6.04 Å². The van der Waals surface area contributed by atoms with Crippen LogP contribution in [-0.4, -0.2) is 16.7 Å². The molecule has 1 aromatic heterocycles. The van der Waals surface area contributed by atoms with E-state index in [1.165, 1.54) is 0 Å². The lowest BCUT2D eigenvalue weighted by Crippen LogP contribution is -2.18. The van der Waals surface area contributed by atoms with E-state index in [9.17, 15) is 0 Å². The fourth-order valence-corrected chi connectivity index (χ4v) is 2.13. The second kappa shape index (κ2) is 6.38. The van der Waals surface area contributed by atoms with Gasteiger partial charge in [-0.25, -0.2) is 4.98 Å². The van der Waals surface area contributed by atoms with Gasteiger partial charge >= 0.3 is 0 Å². The number of aryl methyl sites for hydroxylation is 1. The van der Waals surface area contributed by atoms with Crippen molar-refractivity contribution < 1.29 is 4.74 Å². The largest absolute Gasteiger partial charge is 0.497 e. The third-order valence-electron chi connectivity index (χ3n) is 3.21. The van der Waals surface area contributed by atoms with E-state index in [1.54, 1.807) is 7.11 Å². The topological polar surface area (TPSA) is 53.1 Å². The van der Waals surface area contributed by atoms with E-state index >= 15 is 0 Å². The molecule has 19 heavy (non-hydrogen) atoms. The van der Waals surface area contributed by atoms with Gasteiger partial charge in [-0.05, 0) is 24.1 Å². The summed E-state index contributed by atoms with van der Waals surface area (Å²) in [7, 11) is 1.66. The first kappa shape index (κ1) is 13.6. The number of benzene rings is 1. The molecule has 1 atom stereocenters. The molecule has 0 aliphatic heterocycles. The molecule has 1 heterocycles. The Hall–Kier alpha value is -1.81. The standard InChI is InChI=1S/C15H21N3O/c1-3-4-15-17-9-10-18(15)11-14(16)12-5-7-13(19-2)8-6-12/h5-10,14H,3-4,11,16H2,1-2H3. The minimum Gasteiger partial charge on any atom is -0.497 e. The average Bonchev–Trinajstić information content (AvgIpc) is 2.86. The highest BCUT2D eigenvalue weighted by Gasteiger charge is 2.09. The van der Waals surface area contributed by atoms with E-state index in [0.29, 0.717) is 0 Å². The minimum absolute atomic E-state index is 0.0317. The van der Waals surface area contributed by atoms with Crippen LogP contribution in [0, 0.1) is 0 Å². The van der Waals surface area contributed by atoms with Crippen molar-refractivity contribution in [2.75, 3.05) is 7.11 Å². The van der Waals surface area contributed by atoms with Gasteiger partial charge in [-0.2, -0.15) is 0 Å². The molecule has 0 aliphatic carbocycles. The summed E-state index contributed by atoms with van der Waals surface area (Å²) >= 11 is 0. The van der Waals surface area contributed by atoms with E-state index in [4.69, 9.17) is 10.5 Å². The van der Waals surface area contributed by atoms with Gasteiger partial charge in [-0.15, -0.1) is 0 Å². The SMILES string of the molecule is CCCc1nccn1CC(N)c1ccc(OC)cc1. The summed E-state index contributed by atoms with van der Waals surface area (Å²) in [6.07, 6.45) is 5.91. The summed E-state index contributed by atoms with van der Waals surface area (Å²) in [6.45, 7) is 2.91. The molecule has 0 saturated carbocycles. The van der Waals surface area contributed by atoms with Crippen LogP contribution in [0.4, 0.5) is 0 Å². The molecule has 0 fully saturated rings. The molecule has 0 spiro atoms. The van der Waals surface area contributed by atoms with Gasteiger partial charge in [0.2, 0.25) is 0 Å². The fraction of sp³-hybridized carbons (Fsp3) is 0.400. The van der Waals surface area contributed by atoms with Crippen LogP contribution in [0.2, 0.25) is 0 Å². The van der Waals surface area contributed by atoms with E-state index < -0.39 is 0 Å². The zero-order valence-corrected chi connectivity index (χ0v) is 11.5. The van der Waals surface area contributed by atoms with Crippen molar-refractivity contribution in [1.82, 2.24) is 9.55 Å². The van der Waals surface area contributed by atoms with Crippen LogP contribution in [0.5, 0.6) is 5.75 Å². The van der Waals surface area contributed by atoms with E-state index in [0.717, 1.165) is 36.5 Å². The molecular weight excluding hydrogens is 238 g/mol. The first-order valence-electron chi connectivity index (χ1n) is 6.64. The van der Waals surface area contributed by atoms with Crippen molar-refractivity contribution in [1.29, 1.82) is 0 Å². The van der Waals surface area contributed by atoms with Crippen LogP contribution in [0.1, 0.15) is 30.8 Å². The molecule has 2 aromatic rings. The molecule has 1 aromatic carbocycles. The van der Waals surface area contributed by atoms with Crippen LogP contribution in [0.3, 0.4) is 0 Å². The Morgan fingerprint density at radius 2 is 2.05 bits per heavy atom. The van der Waals surface area contributed by atoms with Gasteiger partial charge in [0.15, 0.2) is 0 Å². The van der Waals surface area contributed by atoms with Gasteiger partial charge in [0.05, 0.1) is 7.11 Å². The summed E-state index contributed by atoms with van der Waals surface area (Å²) in [5.41, 5.74) is 7.36. The predicted molar refractivity (Wildman–Crippen MR) is 76.1 cm³/mol. The Balaban J connectivity index is 2.06. The second-order valence-electron chi connectivity index (χ2n) is 4.63. The van der Waals surface area contributed by atoms with Gasteiger partial charge in [0.1, 0.15) is 11.6 Å². The summed E-state index contributed by atoms with van der Waals surface area (Å²) < 4.78 is 7.29. The number of ether oxygens (including phenoxy) is 1. The Bertz CT molecular complexity index is 504. The highest BCUT2D eigenvalue weighted by molar-refractivity contribution is 5.28. The number of rotatable bonds is 6. The maximum absolute atomic E-state index is 6.25. The molecule has 0 amide bonds. The molecule has 2 N–H and O–H groups in total. The Morgan fingerprint density at radius 1 is 1.32 bits per heavy atom. The zero-order valence-electron chi connectivity index (χ0n) is 11.5. The lowest BCUT2D eigenvalue weighted by molar-refractivity contribution is 0.414. The molecule has 4 nitrogen and oxygen atoms in total. The smallest absolute Gasteiger partial charge is 0.118 e. The minimum atomic E-state index is -0.0317. The third kappa shape index (κ3) is 3.35. The number of nitrogens with zero attached hydrogens (tertiary/aromatic N) is 2. The van der Waals surface area contributed by atoms with Gasteiger partial charge in [-0.3, -0.25) is 0 Å². The first-order valence-corrected chi connectivity index (χ1v) is 6.64. The van der Waals surface area contributed by atoms with Crippen LogP contribution < -0.4 is 10.5 Å².